The van der Waals surface area contributed by atoms with Crippen molar-refractivity contribution in [1.82, 2.24) is 9.66 Å². The predicted octanol–water partition coefficient (Wildman–Crippen LogP) is 7.92. The van der Waals surface area contributed by atoms with E-state index in [0.717, 1.165) is 10.1 Å². The minimum Gasteiger partial charge on any atom is -0.481 e. The number of furan rings is 1. The van der Waals surface area contributed by atoms with Crippen molar-refractivity contribution in [3.63, 3.8) is 0 Å². The number of rotatable bonds is 7. The van der Waals surface area contributed by atoms with Gasteiger partial charge < -0.3 is 14.5 Å². The Morgan fingerprint density at radius 3 is 2.72 bits per heavy atom. The molecule has 2 heterocycles. The van der Waals surface area contributed by atoms with Crippen molar-refractivity contribution < 1.29 is 18.3 Å². The first-order valence-corrected chi connectivity index (χ1v) is 14.2. The zero-order chi connectivity index (χ0) is 30.1. The molecule has 0 aliphatic carbocycles. The fourth-order valence-electron chi connectivity index (χ4n) is 4.33. The lowest BCUT2D eigenvalue weighted by Crippen LogP contribution is -2.20. The minimum atomic E-state index is -0.497. The first kappa shape index (κ1) is 28.6. The van der Waals surface area contributed by atoms with E-state index >= 15 is 0 Å². The molecule has 214 valence electrons. The maximum absolute atomic E-state index is 13.5. The Kier molecular flexibility index (Phi) is 7.98. The number of carbonyl (C=O) groups is 1. The number of carbonyl (C=O) groups excluding carboxylic acids is 1. The van der Waals surface area contributed by atoms with E-state index in [0.29, 0.717) is 43.0 Å². The van der Waals surface area contributed by atoms with Crippen molar-refractivity contribution in [3.05, 3.63) is 121 Å². The van der Waals surface area contributed by atoms with Crippen LogP contribution in [0, 0.1) is 5.82 Å². The lowest BCUT2D eigenvalue weighted by molar-refractivity contribution is -0.118. The summed E-state index contributed by atoms with van der Waals surface area (Å²) in [5.41, 5.74) is 1.49. The highest BCUT2D eigenvalue weighted by molar-refractivity contribution is 9.10. The van der Waals surface area contributed by atoms with Gasteiger partial charge in [-0.3, -0.25) is 9.59 Å². The van der Waals surface area contributed by atoms with Crippen LogP contribution < -0.4 is 15.6 Å². The molecule has 6 rings (SSSR count). The molecule has 0 aliphatic rings. The molecule has 0 atom stereocenters. The molecule has 4 aromatic carbocycles. The highest BCUT2D eigenvalue weighted by atomic mass is 79.9. The Balaban J connectivity index is 1.30. The summed E-state index contributed by atoms with van der Waals surface area (Å²) in [5, 5.41) is 8.86. The van der Waals surface area contributed by atoms with Gasteiger partial charge in [-0.1, -0.05) is 41.4 Å². The summed E-state index contributed by atoms with van der Waals surface area (Å²) in [6.45, 7) is -0.369. The van der Waals surface area contributed by atoms with Gasteiger partial charge in [-0.25, -0.2) is 9.37 Å². The number of ether oxygens (including phenoxy) is 1. The van der Waals surface area contributed by atoms with Gasteiger partial charge in [0.25, 0.3) is 11.5 Å². The summed E-state index contributed by atoms with van der Waals surface area (Å²) < 4.78 is 26.6. The second-order valence-electron chi connectivity index (χ2n) is 9.27. The average Bonchev–Trinajstić information content (AvgIpc) is 3.39. The van der Waals surface area contributed by atoms with E-state index in [9.17, 15) is 14.0 Å². The van der Waals surface area contributed by atoms with Gasteiger partial charge in [0, 0.05) is 16.1 Å². The Bertz CT molecular complexity index is 2110. The van der Waals surface area contributed by atoms with Gasteiger partial charge in [0.1, 0.15) is 11.4 Å². The number of fused-ring (bicyclic) bond motifs is 2. The summed E-state index contributed by atoms with van der Waals surface area (Å²) >= 11 is 16.0. The topological polar surface area (TPSA) is 98.7 Å². The second kappa shape index (κ2) is 12.0. The Hall–Kier alpha value is -4.51. The molecular formula is C31H18BrCl2FN4O4. The van der Waals surface area contributed by atoms with E-state index in [1.54, 1.807) is 66.7 Å². The van der Waals surface area contributed by atoms with Crippen LogP contribution in [0.1, 0.15) is 5.56 Å². The van der Waals surface area contributed by atoms with E-state index in [1.165, 1.54) is 24.4 Å². The third kappa shape index (κ3) is 6.17. The van der Waals surface area contributed by atoms with Gasteiger partial charge in [0.2, 0.25) is 5.82 Å². The lowest BCUT2D eigenvalue weighted by Gasteiger charge is -2.11. The standard InChI is InChI=1S/C31H18BrCl2FN4O4/c32-23-10-17(11-24(34)29(23)42-16-28(40)37-21-5-3-4-20(35)14-21)15-36-39-30(38-25-7-2-1-6-22(25)31(39)41)27-13-18-12-19(33)8-9-26(18)43-27/h1-15H,16H2,(H,37,40). The van der Waals surface area contributed by atoms with Crippen LogP contribution in [0.3, 0.4) is 0 Å². The molecule has 2 aromatic heterocycles. The molecule has 0 saturated heterocycles. The molecular weight excluding hydrogens is 662 g/mol. The van der Waals surface area contributed by atoms with Crippen molar-refractivity contribution in [2.45, 2.75) is 0 Å². The van der Waals surface area contributed by atoms with Crippen molar-refractivity contribution in [2.75, 3.05) is 11.9 Å². The van der Waals surface area contributed by atoms with Crippen molar-refractivity contribution in [2.24, 2.45) is 5.10 Å². The normalized spacial score (nSPS) is 11.4. The number of hydrogen-bond donors (Lipinski definition) is 1. The molecule has 1 amide bonds. The molecule has 0 bridgehead atoms. The largest absolute Gasteiger partial charge is 0.481 e. The highest BCUT2D eigenvalue weighted by Crippen LogP contribution is 2.34. The molecule has 0 spiro atoms. The second-order valence-corrected chi connectivity index (χ2v) is 11.0. The number of nitrogens with zero attached hydrogens (tertiary/aromatic N) is 3. The summed E-state index contributed by atoms with van der Waals surface area (Å²) in [5.74, 6) is -0.223. The van der Waals surface area contributed by atoms with Crippen LogP contribution in [-0.2, 0) is 4.79 Å². The fourth-order valence-corrected chi connectivity index (χ4v) is 5.50. The van der Waals surface area contributed by atoms with Crippen LogP contribution in [0.15, 0.2) is 104 Å². The van der Waals surface area contributed by atoms with Gasteiger partial charge in [0.15, 0.2) is 18.1 Å². The zero-order valence-corrected chi connectivity index (χ0v) is 25.0. The number of halogens is 4. The van der Waals surface area contributed by atoms with Crippen molar-refractivity contribution >= 4 is 78.8 Å². The van der Waals surface area contributed by atoms with E-state index in [-0.39, 0.29) is 23.2 Å². The van der Waals surface area contributed by atoms with Gasteiger partial charge in [0.05, 0.1) is 26.6 Å². The average molecular weight is 680 g/mol. The third-order valence-corrected chi connectivity index (χ3v) is 7.36. The SMILES string of the molecule is O=C(COc1c(Cl)cc(C=Nn2c(-c3cc4cc(Cl)ccc4o3)nc3ccccc3c2=O)cc1Br)Nc1cccc(F)c1. The molecule has 0 unspecified atom stereocenters. The molecule has 1 N–H and O–H groups in total. The predicted molar refractivity (Wildman–Crippen MR) is 169 cm³/mol. The first-order chi connectivity index (χ1) is 20.7. The molecule has 0 radical (unpaired) electrons. The van der Waals surface area contributed by atoms with Crippen molar-refractivity contribution in [1.29, 1.82) is 0 Å². The molecule has 8 nitrogen and oxygen atoms in total. The lowest BCUT2D eigenvalue weighted by atomic mass is 10.2. The van der Waals surface area contributed by atoms with Crippen LogP contribution in [-0.4, -0.2) is 28.4 Å². The molecule has 0 saturated carbocycles. The maximum Gasteiger partial charge on any atom is 0.282 e. The van der Waals surface area contributed by atoms with E-state index < -0.39 is 17.3 Å². The van der Waals surface area contributed by atoms with E-state index in [1.807, 2.05) is 0 Å². The monoisotopic (exact) mass is 678 g/mol. The quantitative estimate of drug-likeness (QED) is 0.173. The highest BCUT2D eigenvalue weighted by Gasteiger charge is 2.17. The molecule has 0 aliphatic heterocycles. The van der Waals surface area contributed by atoms with Crippen LogP contribution in [0.5, 0.6) is 5.75 Å². The third-order valence-electron chi connectivity index (χ3n) is 6.25. The molecule has 6 aromatic rings. The Labute approximate surface area is 261 Å². The van der Waals surface area contributed by atoms with Gasteiger partial charge in [-0.05, 0) is 88.2 Å². The summed E-state index contributed by atoms with van der Waals surface area (Å²) in [7, 11) is 0. The minimum absolute atomic E-state index is 0.188. The first-order valence-electron chi connectivity index (χ1n) is 12.7. The Morgan fingerprint density at radius 1 is 1.07 bits per heavy atom. The summed E-state index contributed by atoms with van der Waals surface area (Å²) in [6.07, 6.45) is 1.44. The van der Waals surface area contributed by atoms with Crippen LogP contribution in [0.2, 0.25) is 10.0 Å². The van der Waals surface area contributed by atoms with Crippen molar-refractivity contribution in [3.8, 4) is 17.3 Å². The van der Waals surface area contributed by atoms with Gasteiger partial charge >= 0.3 is 0 Å². The Morgan fingerprint density at radius 2 is 1.91 bits per heavy atom. The smallest absolute Gasteiger partial charge is 0.282 e. The van der Waals surface area contributed by atoms with Crippen LogP contribution >= 0.6 is 39.1 Å². The van der Waals surface area contributed by atoms with E-state index in [2.05, 4.69) is 31.3 Å². The van der Waals surface area contributed by atoms with Gasteiger partial charge in [-0.15, -0.1) is 0 Å². The molecule has 12 heteroatoms. The molecule has 43 heavy (non-hydrogen) atoms. The number of aromatic nitrogens is 2. The maximum atomic E-state index is 13.5. The number of nitrogens with one attached hydrogen (secondary N) is 1. The number of anilines is 1. The summed E-state index contributed by atoms with van der Waals surface area (Å²) in [4.78, 5) is 30.5. The number of benzene rings is 4. The van der Waals surface area contributed by atoms with Gasteiger partial charge in [-0.2, -0.15) is 9.78 Å². The van der Waals surface area contributed by atoms with E-state index in [4.69, 9.17) is 32.4 Å². The molecule has 0 fully saturated rings. The van der Waals surface area contributed by atoms with Crippen LogP contribution in [0.4, 0.5) is 10.1 Å². The fraction of sp³-hybridized carbons (Fsp3) is 0.0323. The number of amides is 1. The summed E-state index contributed by atoms with van der Waals surface area (Å²) in [6, 6.07) is 22.6. The number of hydrogen-bond acceptors (Lipinski definition) is 6. The zero-order valence-electron chi connectivity index (χ0n) is 21.9. The number of para-hydroxylation sites is 1. The van der Waals surface area contributed by atoms with Crippen LogP contribution in [0.25, 0.3) is 33.5 Å².